The van der Waals surface area contributed by atoms with Crippen molar-refractivity contribution >= 4 is 0 Å². The Hall–Kier alpha value is -0.0400. The lowest BCUT2D eigenvalue weighted by Crippen LogP contribution is -2.62. The van der Waals surface area contributed by atoms with Crippen LogP contribution in [0.4, 0.5) is 0 Å². The van der Waals surface area contributed by atoms with Crippen LogP contribution < -0.4 is 0 Å². The summed E-state index contributed by atoms with van der Waals surface area (Å²) < 4.78 is 1.17. The topological polar surface area (TPSA) is 0 Å². The van der Waals surface area contributed by atoms with E-state index >= 15 is 0 Å². The number of quaternary nitrogens is 1. The van der Waals surface area contributed by atoms with Crippen LogP contribution in [0.3, 0.4) is 0 Å². The molecule has 0 aromatic carbocycles. The van der Waals surface area contributed by atoms with Gasteiger partial charge in [-0.3, -0.25) is 0 Å². The minimum absolute atomic E-state index is 0.466. The first kappa shape index (κ1) is 17.0. The average molecular weight is 242 g/mol. The molecule has 0 radical (unpaired) electrons. The van der Waals surface area contributed by atoms with E-state index in [1.54, 1.807) is 0 Å². The first-order valence-electron chi connectivity index (χ1n) is 7.64. The third-order valence-corrected chi connectivity index (χ3v) is 5.23. The van der Waals surface area contributed by atoms with Crippen LogP contribution in [0.2, 0.25) is 0 Å². The maximum Gasteiger partial charge on any atom is 0.101 e. The predicted molar refractivity (Wildman–Crippen MR) is 79.2 cm³/mol. The fraction of sp³-hybridized carbons (Fsp3) is 1.00. The first-order valence-corrected chi connectivity index (χ1v) is 7.64. The Morgan fingerprint density at radius 2 is 1.41 bits per heavy atom. The van der Waals surface area contributed by atoms with Crippen molar-refractivity contribution < 1.29 is 4.48 Å². The number of nitrogens with zero attached hydrogens (tertiary/aromatic N) is 1. The fourth-order valence-corrected chi connectivity index (χ4v) is 3.83. The molecular weight excluding hydrogens is 206 g/mol. The van der Waals surface area contributed by atoms with Crippen LogP contribution in [0.5, 0.6) is 0 Å². The Kier molecular flexibility index (Phi) is 6.76. The Balaban J connectivity index is 5.28. The van der Waals surface area contributed by atoms with Gasteiger partial charge in [-0.15, -0.1) is 0 Å². The summed E-state index contributed by atoms with van der Waals surface area (Å²) in [5.74, 6) is 1.67. The maximum atomic E-state index is 2.43. The lowest BCUT2D eigenvalue weighted by Gasteiger charge is -2.52. The molecule has 0 aliphatic rings. The van der Waals surface area contributed by atoms with Crippen LogP contribution >= 0.6 is 0 Å². The summed E-state index contributed by atoms with van der Waals surface area (Å²) in [6.45, 7) is 15.5. The van der Waals surface area contributed by atoms with Crippen LogP contribution in [-0.2, 0) is 0 Å². The molecular formula is C16H36N+. The summed E-state index contributed by atoms with van der Waals surface area (Å²) in [7, 11) is 4.85. The molecule has 1 unspecified atom stereocenters. The summed E-state index contributed by atoms with van der Waals surface area (Å²) in [4.78, 5) is 0. The van der Waals surface area contributed by atoms with E-state index in [1.165, 1.54) is 36.7 Å². The molecule has 0 fully saturated rings. The van der Waals surface area contributed by atoms with Gasteiger partial charge in [0.05, 0.1) is 20.6 Å². The smallest absolute Gasteiger partial charge is 0.101 e. The van der Waals surface area contributed by atoms with E-state index in [0.29, 0.717) is 5.54 Å². The summed E-state index contributed by atoms with van der Waals surface area (Å²) in [5, 5.41) is 0. The van der Waals surface area contributed by atoms with Gasteiger partial charge in [0.25, 0.3) is 0 Å². The highest BCUT2D eigenvalue weighted by molar-refractivity contribution is 4.86. The van der Waals surface area contributed by atoms with E-state index in [4.69, 9.17) is 0 Å². The van der Waals surface area contributed by atoms with Gasteiger partial charge in [-0.05, 0) is 38.5 Å². The van der Waals surface area contributed by atoms with Crippen molar-refractivity contribution in [3.63, 3.8) is 0 Å². The molecule has 0 spiro atoms. The summed E-state index contributed by atoms with van der Waals surface area (Å²) in [6.07, 6.45) is 5.30. The number of hydrogen-bond acceptors (Lipinski definition) is 0. The van der Waals surface area contributed by atoms with Gasteiger partial charge in [0.1, 0.15) is 5.54 Å². The van der Waals surface area contributed by atoms with Gasteiger partial charge >= 0.3 is 0 Å². The van der Waals surface area contributed by atoms with Crippen LogP contribution in [0, 0.1) is 11.8 Å². The molecule has 1 heteroatoms. The molecule has 0 bridgehead atoms. The first-order chi connectivity index (χ1) is 7.81. The maximum absolute atomic E-state index is 2.43. The highest BCUT2D eigenvalue weighted by Gasteiger charge is 2.47. The molecule has 0 saturated carbocycles. The summed E-state index contributed by atoms with van der Waals surface area (Å²) >= 11 is 0. The van der Waals surface area contributed by atoms with Crippen molar-refractivity contribution in [2.75, 3.05) is 20.6 Å². The number of hydrogen-bond donors (Lipinski definition) is 0. The SMILES string of the molecule is CCC(CC(C)C)C(CC)(CC)[N+](C)(C)CC. The van der Waals surface area contributed by atoms with Crippen molar-refractivity contribution in [3.8, 4) is 0 Å². The third kappa shape index (κ3) is 3.47. The monoisotopic (exact) mass is 242 g/mol. The van der Waals surface area contributed by atoms with E-state index in [1.807, 2.05) is 0 Å². The minimum Gasteiger partial charge on any atom is -0.324 e. The van der Waals surface area contributed by atoms with Crippen LogP contribution in [-0.4, -0.2) is 30.7 Å². The normalized spacial score (nSPS) is 15.4. The summed E-state index contributed by atoms with van der Waals surface area (Å²) in [5.41, 5.74) is 0.466. The van der Waals surface area contributed by atoms with Gasteiger partial charge < -0.3 is 4.48 Å². The number of rotatable bonds is 8. The largest absolute Gasteiger partial charge is 0.324 e. The predicted octanol–water partition coefficient (Wildman–Crippen LogP) is 4.71. The highest BCUT2D eigenvalue weighted by Crippen LogP contribution is 2.40. The Bertz CT molecular complexity index is 202. The van der Waals surface area contributed by atoms with Gasteiger partial charge in [-0.2, -0.15) is 0 Å². The average Bonchev–Trinajstić information content (AvgIpc) is 2.28. The minimum atomic E-state index is 0.466. The molecule has 1 nitrogen and oxygen atoms in total. The van der Waals surface area contributed by atoms with Gasteiger partial charge in [0.2, 0.25) is 0 Å². The molecule has 1 atom stereocenters. The Morgan fingerprint density at radius 1 is 0.941 bits per heavy atom. The van der Waals surface area contributed by atoms with Crippen LogP contribution in [0.25, 0.3) is 0 Å². The molecule has 0 rings (SSSR count). The molecule has 0 aliphatic carbocycles. The van der Waals surface area contributed by atoms with Crippen molar-refractivity contribution in [1.29, 1.82) is 0 Å². The molecule has 0 aliphatic heterocycles. The molecule has 0 aromatic heterocycles. The molecule has 0 aromatic rings. The molecule has 0 heterocycles. The van der Waals surface area contributed by atoms with E-state index in [9.17, 15) is 0 Å². The quantitative estimate of drug-likeness (QED) is 0.541. The third-order valence-electron chi connectivity index (χ3n) is 5.23. The van der Waals surface area contributed by atoms with E-state index < -0.39 is 0 Å². The highest BCUT2D eigenvalue weighted by atomic mass is 15.4. The molecule has 17 heavy (non-hydrogen) atoms. The molecule has 0 saturated heterocycles. The zero-order chi connectivity index (χ0) is 13.7. The van der Waals surface area contributed by atoms with E-state index in [-0.39, 0.29) is 0 Å². The lowest BCUT2D eigenvalue weighted by molar-refractivity contribution is -0.946. The van der Waals surface area contributed by atoms with Crippen molar-refractivity contribution in [2.45, 2.75) is 72.8 Å². The second-order valence-corrected chi connectivity index (χ2v) is 6.55. The van der Waals surface area contributed by atoms with Crippen molar-refractivity contribution in [1.82, 2.24) is 0 Å². The lowest BCUT2D eigenvalue weighted by atomic mass is 9.71. The van der Waals surface area contributed by atoms with Crippen molar-refractivity contribution in [3.05, 3.63) is 0 Å². The standard InChI is InChI=1S/C16H36N/c1-9-15(13-14(5)6)16(10-2,11-3)17(7,8)12-4/h14-15H,9-13H2,1-8H3/q+1. The summed E-state index contributed by atoms with van der Waals surface area (Å²) in [6, 6.07) is 0. The fourth-order valence-electron chi connectivity index (χ4n) is 3.83. The Labute approximate surface area is 110 Å². The molecule has 0 N–H and O–H groups in total. The van der Waals surface area contributed by atoms with Crippen LogP contribution in [0.1, 0.15) is 67.2 Å². The zero-order valence-corrected chi connectivity index (χ0v) is 13.6. The second-order valence-electron chi connectivity index (χ2n) is 6.55. The van der Waals surface area contributed by atoms with Gasteiger partial charge in [-0.25, -0.2) is 0 Å². The van der Waals surface area contributed by atoms with Crippen LogP contribution in [0.15, 0.2) is 0 Å². The second kappa shape index (κ2) is 6.78. The van der Waals surface area contributed by atoms with Gasteiger partial charge in [-0.1, -0.05) is 34.6 Å². The van der Waals surface area contributed by atoms with Gasteiger partial charge in [0.15, 0.2) is 0 Å². The van der Waals surface area contributed by atoms with Gasteiger partial charge in [0, 0.05) is 5.92 Å². The van der Waals surface area contributed by atoms with Crippen molar-refractivity contribution in [2.24, 2.45) is 11.8 Å². The Morgan fingerprint density at radius 3 is 1.65 bits per heavy atom. The molecule has 0 amide bonds. The molecule has 104 valence electrons. The zero-order valence-electron chi connectivity index (χ0n) is 13.6. The van der Waals surface area contributed by atoms with E-state index in [2.05, 4.69) is 55.6 Å². The van der Waals surface area contributed by atoms with E-state index in [0.717, 1.165) is 11.8 Å².